The zero-order chi connectivity index (χ0) is 10.7. The van der Waals surface area contributed by atoms with Crippen molar-refractivity contribution >= 4 is 5.82 Å². The van der Waals surface area contributed by atoms with Gasteiger partial charge in [0.2, 0.25) is 0 Å². The molecule has 1 saturated carbocycles. The molecular formula is C12H19N3. The highest BCUT2D eigenvalue weighted by molar-refractivity contribution is 5.29. The number of hydrogen-bond acceptors (Lipinski definition) is 3. The Kier molecular flexibility index (Phi) is 3.19. The summed E-state index contributed by atoms with van der Waals surface area (Å²) in [6.07, 6.45) is 7.94. The highest BCUT2D eigenvalue weighted by atomic mass is 14.9. The summed E-state index contributed by atoms with van der Waals surface area (Å²) in [5, 5.41) is 0. The summed E-state index contributed by atoms with van der Waals surface area (Å²) in [5.74, 6) is 2.31. The lowest BCUT2D eigenvalue weighted by molar-refractivity contribution is 0.500. The van der Waals surface area contributed by atoms with Crippen LogP contribution in [0.25, 0.3) is 0 Å². The normalized spacial score (nSPS) is 17.1. The van der Waals surface area contributed by atoms with Crippen molar-refractivity contribution < 1.29 is 0 Å². The Hall–Kier alpha value is -1.12. The van der Waals surface area contributed by atoms with E-state index in [1.807, 2.05) is 13.0 Å². The maximum absolute atomic E-state index is 5.69. The van der Waals surface area contributed by atoms with Crippen molar-refractivity contribution in [3.8, 4) is 0 Å². The Labute approximate surface area is 91.1 Å². The van der Waals surface area contributed by atoms with Gasteiger partial charge in [0, 0.05) is 11.8 Å². The van der Waals surface area contributed by atoms with Crippen LogP contribution >= 0.6 is 0 Å². The lowest BCUT2D eigenvalue weighted by atomic mass is 10.0. The van der Waals surface area contributed by atoms with Gasteiger partial charge in [-0.25, -0.2) is 9.97 Å². The number of hydrogen-bond donors (Lipinski definition) is 1. The first-order valence-electron chi connectivity index (χ1n) is 5.84. The molecule has 3 heteroatoms. The monoisotopic (exact) mass is 205 g/mol. The minimum absolute atomic E-state index is 0.601. The van der Waals surface area contributed by atoms with Crippen LogP contribution in [0.2, 0.25) is 0 Å². The molecule has 0 radical (unpaired) electrons. The molecule has 0 aromatic carbocycles. The van der Waals surface area contributed by atoms with Crippen molar-refractivity contribution in [1.29, 1.82) is 0 Å². The van der Waals surface area contributed by atoms with Crippen LogP contribution in [0, 0.1) is 12.8 Å². The average molecular weight is 205 g/mol. The van der Waals surface area contributed by atoms with Gasteiger partial charge in [-0.15, -0.1) is 0 Å². The third-order valence-corrected chi connectivity index (χ3v) is 3.19. The van der Waals surface area contributed by atoms with E-state index in [2.05, 4.69) is 9.97 Å². The van der Waals surface area contributed by atoms with Gasteiger partial charge < -0.3 is 5.73 Å². The lowest BCUT2D eigenvalue weighted by Gasteiger charge is -2.08. The molecule has 0 saturated heterocycles. The average Bonchev–Trinajstić information content (AvgIpc) is 2.65. The molecule has 1 aromatic rings. The molecule has 3 nitrogen and oxygen atoms in total. The van der Waals surface area contributed by atoms with Crippen molar-refractivity contribution in [2.75, 3.05) is 5.73 Å². The lowest BCUT2D eigenvalue weighted by Crippen LogP contribution is -2.02. The fourth-order valence-electron chi connectivity index (χ4n) is 2.43. The molecule has 0 aliphatic heterocycles. The minimum atomic E-state index is 0.601. The van der Waals surface area contributed by atoms with Crippen LogP contribution in [0.4, 0.5) is 5.82 Å². The maximum atomic E-state index is 5.69. The summed E-state index contributed by atoms with van der Waals surface area (Å²) in [4.78, 5) is 8.48. The third kappa shape index (κ3) is 2.91. The summed E-state index contributed by atoms with van der Waals surface area (Å²) < 4.78 is 0. The van der Waals surface area contributed by atoms with Crippen LogP contribution < -0.4 is 5.73 Å². The summed E-state index contributed by atoms with van der Waals surface area (Å²) in [6.45, 7) is 1.90. The molecule has 1 fully saturated rings. The van der Waals surface area contributed by atoms with E-state index in [1.54, 1.807) is 0 Å². The zero-order valence-corrected chi connectivity index (χ0v) is 9.37. The molecule has 0 amide bonds. The van der Waals surface area contributed by atoms with Gasteiger partial charge in [0.1, 0.15) is 11.6 Å². The number of nitrogen functional groups attached to an aromatic ring is 1. The number of nitrogens with two attached hydrogens (primary N) is 1. The Balaban J connectivity index is 1.92. The minimum Gasteiger partial charge on any atom is -0.384 e. The van der Waals surface area contributed by atoms with Crippen molar-refractivity contribution in [3.05, 3.63) is 17.6 Å². The molecule has 1 aliphatic rings. The Morgan fingerprint density at radius 1 is 1.33 bits per heavy atom. The second-order valence-electron chi connectivity index (χ2n) is 4.52. The van der Waals surface area contributed by atoms with Crippen molar-refractivity contribution in [2.24, 2.45) is 5.92 Å². The first-order chi connectivity index (χ1) is 7.24. The van der Waals surface area contributed by atoms with E-state index in [9.17, 15) is 0 Å². The molecule has 2 N–H and O–H groups in total. The van der Waals surface area contributed by atoms with Crippen molar-refractivity contribution in [1.82, 2.24) is 9.97 Å². The molecule has 0 unspecified atom stereocenters. The number of aryl methyl sites for hydroxylation is 2. The van der Waals surface area contributed by atoms with E-state index < -0.39 is 0 Å². The fraction of sp³-hybridized carbons (Fsp3) is 0.667. The molecule has 0 atom stereocenters. The first-order valence-corrected chi connectivity index (χ1v) is 5.84. The summed E-state index contributed by atoms with van der Waals surface area (Å²) in [6, 6.07) is 1.90. The van der Waals surface area contributed by atoms with Gasteiger partial charge in [-0.3, -0.25) is 0 Å². The highest BCUT2D eigenvalue weighted by Gasteiger charge is 2.14. The largest absolute Gasteiger partial charge is 0.384 e. The molecule has 0 bridgehead atoms. The Bertz CT molecular complexity index is 309. The first kappa shape index (κ1) is 10.4. The number of rotatable bonds is 3. The molecule has 1 heterocycles. The molecule has 2 rings (SSSR count). The van der Waals surface area contributed by atoms with E-state index in [4.69, 9.17) is 5.73 Å². The third-order valence-electron chi connectivity index (χ3n) is 3.19. The van der Waals surface area contributed by atoms with E-state index in [-0.39, 0.29) is 0 Å². The predicted octanol–water partition coefficient (Wildman–Crippen LogP) is 2.49. The molecule has 1 aliphatic carbocycles. The van der Waals surface area contributed by atoms with Gasteiger partial charge in [0.05, 0.1) is 0 Å². The van der Waals surface area contributed by atoms with Crippen LogP contribution in [0.3, 0.4) is 0 Å². The summed E-state index contributed by atoms with van der Waals surface area (Å²) in [5.41, 5.74) is 6.80. The van der Waals surface area contributed by atoms with Gasteiger partial charge in [0.25, 0.3) is 0 Å². The van der Waals surface area contributed by atoms with Crippen molar-refractivity contribution in [2.45, 2.75) is 45.4 Å². The number of anilines is 1. The number of nitrogens with zero attached hydrogens (tertiary/aromatic N) is 2. The molecule has 15 heavy (non-hydrogen) atoms. The predicted molar refractivity (Wildman–Crippen MR) is 61.5 cm³/mol. The quantitative estimate of drug-likeness (QED) is 0.824. The second-order valence-corrected chi connectivity index (χ2v) is 4.52. The van der Waals surface area contributed by atoms with E-state index in [1.165, 1.54) is 32.1 Å². The molecular weight excluding hydrogens is 186 g/mol. The number of aromatic nitrogens is 2. The molecule has 82 valence electrons. The Morgan fingerprint density at radius 2 is 2.07 bits per heavy atom. The standard InChI is InChI=1S/C12H19N3/c1-9-14-11(8-12(13)15-9)7-6-10-4-2-3-5-10/h8,10H,2-7H2,1H3,(H2,13,14,15). The summed E-state index contributed by atoms with van der Waals surface area (Å²) in [7, 11) is 0. The van der Waals surface area contributed by atoms with Crippen LogP contribution in [0.1, 0.15) is 43.6 Å². The van der Waals surface area contributed by atoms with E-state index in [0.717, 1.165) is 23.9 Å². The highest BCUT2D eigenvalue weighted by Crippen LogP contribution is 2.28. The van der Waals surface area contributed by atoms with Crippen LogP contribution in [-0.4, -0.2) is 9.97 Å². The Morgan fingerprint density at radius 3 is 2.73 bits per heavy atom. The topological polar surface area (TPSA) is 51.8 Å². The van der Waals surface area contributed by atoms with Gasteiger partial charge in [-0.2, -0.15) is 0 Å². The van der Waals surface area contributed by atoms with Gasteiger partial charge in [0.15, 0.2) is 0 Å². The smallest absolute Gasteiger partial charge is 0.127 e. The van der Waals surface area contributed by atoms with Crippen LogP contribution in [-0.2, 0) is 6.42 Å². The van der Waals surface area contributed by atoms with Gasteiger partial charge >= 0.3 is 0 Å². The van der Waals surface area contributed by atoms with E-state index >= 15 is 0 Å². The second kappa shape index (κ2) is 4.60. The molecule has 1 aromatic heterocycles. The van der Waals surface area contributed by atoms with Gasteiger partial charge in [-0.1, -0.05) is 25.7 Å². The SMILES string of the molecule is Cc1nc(N)cc(CCC2CCCC2)n1. The van der Waals surface area contributed by atoms with Crippen LogP contribution in [0.5, 0.6) is 0 Å². The molecule has 0 spiro atoms. The van der Waals surface area contributed by atoms with Gasteiger partial charge in [-0.05, 0) is 25.7 Å². The van der Waals surface area contributed by atoms with Crippen LogP contribution in [0.15, 0.2) is 6.07 Å². The maximum Gasteiger partial charge on any atom is 0.127 e. The summed E-state index contributed by atoms with van der Waals surface area (Å²) >= 11 is 0. The fourth-order valence-corrected chi connectivity index (χ4v) is 2.43. The zero-order valence-electron chi connectivity index (χ0n) is 9.37. The van der Waals surface area contributed by atoms with Crippen molar-refractivity contribution in [3.63, 3.8) is 0 Å². The van der Waals surface area contributed by atoms with E-state index in [0.29, 0.717) is 5.82 Å².